The van der Waals surface area contributed by atoms with Gasteiger partial charge < -0.3 is 4.42 Å². The van der Waals surface area contributed by atoms with Gasteiger partial charge in [-0.3, -0.25) is 0 Å². The number of benzene rings is 2. The molecule has 3 rings (SSSR count). The van der Waals surface area contributed by atoms with Crippen molar-refractivity contribution < 1.29 is 4.42 Å². The molecule has 0 fully saturated rings. The largest absolute Gasteiger partial charge is 0.411 e. The van der Waals surface area contributed by atoms with Gasteiger partial charge in [0.25, 0.3) is 0 Å². The van der Waals surface area contributed by atoms with Crippen LogP contribution in [0.5, 0.6) is 0 Å². The van der Waals surface area contributed by atoms with E-state index < -0.39 is 0 Å². The van der Waals surface area contributed by atoms with Gasteiger partial charge in [-0.1, -0.05) is 48.5 Å². The Morgan fingerprint density at radius 2 is 1.41 bits per heavy atom. The predicted molar refractivity (Wildman–Crippen MR) is 66.7 cm³/mol. The molecule has 0 unspecified atom stereocenters. The molecule has 84 valence electrons. The Labute approximate surface area is 98.4 Å². The summed E-state index contributed by atoms with van der Waals surface area (Å²) in [6, 6.07) is 19.1. The second-order valence-electron chi connectivity index (χ2n) is 3.31. The van der Waals surface area contributed by atoms with E-state index in [9.17, 15) is 4.79 Å². The Morgan fingerprint density at radius 3 is 2.00 bits per heavy atom. The monoisotopic (exact) mass is 225 g/mol. The number of hydrogen-bond donors (Lipinski definition) is 0. The molecule has 3 aromatic rings. The van der Waals surface area contributed by atoms with Crippen molar-refractivity contribution in [2.75, 3.05) is 0 Å². The molecule has 2 aromatic carbocycles. The summed E-state index contributed by atoms with van der Waals surface area (Å²) in [7, 11) is 0. The van der Waals surface area contributed by atoms with Gasteiger partial charge in [-0.2, -0.15) is 0 Å². The van der Waals surface area contributed by atoms with Crippen LogP contribution in [0.3, 0.4) is 0 Å². The molecule has 0 aliphatic rings. The summed E-state index contributed by atoms with van der Waals surface area (Å²) in [6.07, 6.45) is 1.16. The van der Waals surface area contributed by atoms with Crippen LogP contribution in [-0.2, 0) is 0 Å². The van der Waals surface area contributed by atoms with Crippen LogP contribution in [0.2, 0.25) is 0 Å². The van der Waals surface area contributed by atoms with Crippen molar-refractivity contribution in [1.29, 1.82) is 0 Å². The molecule has 1 aromatic heterocycles. The van der Waals surface area contributed by atoms with Crippen LogP contribution in [0.15, 0.2) is 76.3 Å². The van der Waals surface area contributed by atoms with Gasteiger partial charge in [-0.25, -0.2) is 9.78 Å². The molecule has 0 atom stereocenters. The Hall–Kier alpha value is -2.42. The van der Waals surface area contributed by atoms with E-state index in [1.54, 1.807) is 18.2 Å². The molecule has 0 N–H and O–H groups in total. The lowest BCUT2D eigenvalue weighted by Crippen LogP contribution is -1.98. The third-order valence-corrected chi connectivity index (χ3v) is 2.14. The average molecular weight is 225 g/mol. The van der Waals surface area contributed by atoms with Crippen LogP contribution < -0.4 is 5.63 Å². The first-order valence-corrected chi connectivity index (χ1v) is 5.20. The van der Waals surface area contributed by atoms with Crippen LogP contribution in [0.25, 0.3) is 10.9 Å². The van der Waals surface area contributed by atoms with Crippen molar-refractivity contribution in [2.45, 2.75) is 0 Å². The number of hydrogen-bond acceptors (Lipinski definition) is 3. The molecule has 17 heavy (non-hydrogen) atoms. The lowest BCUT2D eigenvalue weighted by Gasteiger charge is -1.90. The summed E-state index contributed by atoms with van der Waals surface area (Å²) in [4.78, 5) is 14.8. The molecule has 0 spiro atoms. The van der Waals surface area contributed by atoms with Gasteiger partial charge in [-0.15, -0.1) is 0 Å². The van der Waals surface area contributed by atoms with E-state index in [4.69, 9.17) is 0 Å². The molecular formula is C14H11NO2. The fourth-order valence-corrected chi connectivity index (χ4v) is 1.34. The van der Waals surface area contributed by atoms with Gasteiger partial charge in [0.1, 0.15) is 0 Å². The van der Waals surface area contributed by atoms with Crippen LogP contribution >= 0.6 is 0 Å². The summed E-state index contributed by atoms with van der Waals surface area (Å²) in [5, 5.41) is 0.523. The van der Waals surface area contributed by atoms with E-state index in [-0.39, 0.29) is 5.63 Å². The van der Waals surface area contributed by atoms with Crippen LogP contribution in [-0.4, -0.2) is 4.98 Å². The molecule has 0 bridgehead atoms. The second-order valence-corrected chi connectivity index (χ2v) is 3.31. The number of nitrogens with zero attached hydrogens (tertiary/aromatic N) is 1. The highest BCUT2D eigenvalue weighted by molar-refractivity contribution is 5.76. The highest BCUT2D eigenvalue weighted by Gasteiger charge is 1.96. The highest BCUT2D eigenvalue weighted by atomic mass is 16.4. The van der Waals surface area contributed by atoms with Crippen molar-refractivity contribution in [3.63, 3.8) is 0 Å². The first-order chi connectivity index (χ1) is 8.38. The molecule has 3 nitrogen and oxygen atoms in total. The van der Waals surface area contributed by atoms with Gasteiger partial charge in [-0.05, 0) is 12.1 Å². The zero-order valence-corrected chi connectivity index (χ0v) is 9.11. The SMILES string of the molecule is O=c1ocnc2ccccc12.c1ccccc1. The fourth-order valence-electron chi connectivity index (χ4n) is 1.34. The predicted octanol–water partition coefficient (Wildman–Crippen LogP) is 2.87. The molecule has 0 aliphatic carbocycles. The van der Waals surface area contributed by atoms with E-state index in [2.05, 4.69) is 9.40 Å². The maximum Gasteiger partial charge on any atom is 0.346 e. The standard InChI is InChI=1S/C8H5NO2.C6H6/c10-8-6-3-1-2-4-7(6)9-5-11-8;1-2-4-6-5-3-1/h1-5H;1-6H. The third-order valence-electron chi connectivity index (χ3n) is 2.14. The van der Waals surface area contributed by atoms with Gasteiger partial charge >= 0.3 is 5.63 Å². The molecule has 3 heteroatoms. The lowest BCUT2D eigenvalue weighted by molar-refractivity contribution is 0.501. The normalized spacial score (nSPS) is 9.41. The van der Waals surface area contributed by atoms with E-state index >= 15 is 0 Å². The number of fused-ring (bicyclic) bond motifs is 1. The fraction of sp³-hybridized carbons (Fsp3) is 0. The van der Waals surface area contributed by atoms with E-state index in [0.717, 1.165) is 6.39 Å². The maximum atomic E-state index is 11.0. The zero-order valence-electron chi connectivity index (χ0n) is 9.11. The van der Waals surface area contributed by atoms with Crippen LogP contribution in [0.1, 0.15) is 0 Å². The molecule has 1 heterocycles. The number of para-hydroxylation sites is 1. The summed E-state index contributed by atoms with van der Waals surface area (Å²) in [5.41, 5.74) is 0.333. The summed E-state index contributed by atoms with van der Waals surface area (Å²) in [6.45, 7) is 0. The highest BCUT2D eigenvalue weighted by Crippen LogP contribution is 2.03. The van der Waals surface area contributed by atoms with E-state index in [0.29, 0.717) is 10.9 Å². The quantitative estimate of drug-likeness (QED) is 0.590. The molecule has 0 radical (unpaired) electrons. The summed E-state index contributed by atoms with van der Waals surface area (Å²) in [5.74, 6) is 0. The van der Waals surface area contributed by atoms with Crippen LogP contribution in [0, 0.1) is 0 Å². The summed E-state index contributed by atoms with van der Waals surface area (Å²) >= 11 is 0. The maximum absolute atomic E-state index is 11.0. The minimum Gasteiger partial charge on any atom is -0.411 e. The smallest absolute Gasteiger partial charge is 0.346 e. The molecule has 0 saturated carbocycles. The third kappa shape index (κ3) is 3.01. The van der Waals surface area contributed by atoms with Crippen molar-refractivity contribution in [2.24, 2.45) is 0 Å². The molecule has 0 saturated heterocycles. The van der Waals surface area contributed by atoms with Gasteiger partial charge in [0.2, 0.25) is 0 Å². The van der Waals surface area contributed by atoms with Crippen molar-refractivity contribution in [1.82, 2.24) is 4.98 Å². The van der Waals surface area contributed by atoms with Crippen molar-refractivity contribution >= 4 is 10.9 Å². The molecular weight excluding hydrogens is 214 g/mol. The molecule has 0 aliphatic heterocycles. The zero-order chi connectivity index (χ0) is 11.9. The minimum atomic E-state index is -0.337. The van der Waals surface area contributed by atoms with Gasteiger partial charge in [0, 0.05) is 0 Å². The molecule has 0 amide bonds. The Balaban J connectivity index is 0.000000153. The van der Waals surface area contributed by atoms with Gasteiger partial charge in [0.15, 0.2) is 6.39 Å². The average Bonchev–Trinajstić information content (AvgIpc) is 2.42. The summed E-state index contributed by atoms with van der Waals surface area (Å²) < 4.78 is 4.57. The van der Waals surface area contributed by atoms with E-state index in [1.165, 1.54) is 0 Å². The second kappa shape index (κ2) is 5.61. The van der Waals surface area contributed by atoms with Crippen molar-refractivity contribution in [3.8, 4) is 0 Å². The Kier molecular flexibility index (Phi) is 3.65. The first-order valence-electron chi connectivity index (χ1n) is 5.20. The van der Waals surface area contributed by atoms with Crippen LogP contribution in [0.4, 0.5) is 0 Å². The first kappa shape index (κ1) is 11.1. The minimum absolute atomic E-state index is 0.337. The number of aromatic nitrogens is 1. The lowest BCUT2D eigenvalue weighted by atomic mass is 10.2. The van der Waals surface area contributed by atoms with Gasteiger partial charge in [0.05, 0.1) is 10.9 Å². The number of rotatable bonds is 0. The van der Waals surface area contributed by atoms with E-state index in [1.807, 2.05) is 42.5 Å². The Morgan fingerprint density at radius 1 is 0.824 bits per heavy atom. The Bertz CT molecular complexity index is 600. The van der Waals surface area contributed by atoms with Crippen molar-refractivity contribution in [3.05, 3.63) is 77.5 Å². The topological polar surface area (TPSA) is 43.1 Å².